The molecule has 0 unspecified atom stereocenters. The zero-order valence-electron chi connectivity index (χ0n) is 16.6. The van der Waals surface area contributed by atoms with Crippen molar-refractivity contribution in [2.24, 2.45) is 0 Å². The highest BCUT2D eigenvalue weighted by Gasteiger charge is 2.18. The Hall–Kier alpha value is -2.44. The second-order valence-electron chi connectivity index (χ2n) is 7.51. The Labute approximate surface area is 160 Å². The van der Waals surface area contributed by atoms with Crippen molar-refractivity contribution in [2.45, 2.75) is 27.3 Å². The van der Waals surface area contributed by atoms with Crippen LogP contribution in [0.5, 0.6) is 0 Å². The largest absolute Gasteiger partial charge is 0.456 e. The molecule has 0 aliphatic carbocycles. The maximum absolute atomic E-state index is 6.15. The maximum atomic E-state index is 6.15. The summed E-state index contributed by atoms with van der Waals surface area (Å²) in [6.07, 6.45) is 0. The molecule has 6 heteroatoms. The third kappa shape index (κ3) is 3.82. The van der Waals surface area contributed by atoms with Crippen LogP contribution in [-0.4, -0.2) is 57.8 Å². The molecule has 0 saturated carbocycles. The average Bonchev–Trinajstić information content (AvgIpc) is 3.26. The highest BCUT2D eigenvalue weighted by molar-refractivity contribution is 5.53. The van der Waals surface area contributed by atoms with Crippen molar-refractivity contribution < 1.29 is 4.42 Å². The van der Waals surface area contributed by atoms with Gasteiger partial charge in [0.15, 0.2) is 11.6 Å². The lowest BCUT2D eigenvalue weighted by Gasteiger charge is -2.31. The zero-order valence-corrected chi connectivity index (χ0v) is 16.6. The van der Waals surface area contributed by atoms with E-state index in [1.165, 1.54) is 11.1 Å². The predicted molar refractivity (Wildman–Crippen MR) is 106 cm³/mol. The molecule has 0 amide bonds. The first-order valence-corrected chi connectivity index (χ1v) is 9.51. The van der Waals surface area contributed by atoms with Gasteiger partial charge in [-0.1, -0.05) is 6.07 Å². The molecule has 3 aromatic rings. The Bertz CT molecular complexity index is 934. The van der Waals surface area contributed by atoms with Gasteiger partial charge in [0.25, 0.3) is 0 Å². The summed E-state index contributed by atoms with van der Waals surface area (Å²) in [5, 5.41) is 4.59. The van der Waals surface area contributed by atoms with E-state index < -0.39 is 0 Å². The zero-order chi connectivity index (χ0) is 19.0. The molecule has 0 radical (unpaired) electrons. The fourth-order valence-electron chi connectivity index (χ4n) is 3.42. The van der Waals surface area contributed by atoms with Crippen LogP contribution in [0.2, 0.25) is 0 Å². The minimum Gasteiger partial charge on any atom is -0.456 e. The molecule has 0 N–H and O–H groups in total. The molecule has 4 rings (SSSR count). The molecule has 1 saturated heterocycles. The van der Waals surface area contributed by atoms with Crippen LogP contribution >= 0.6 is 0 Å². The number of aryl methyl sites for hydroxylation is 3. The predicted octanol–water partition coefficient (Wildman–Crippen LogP) is 3.20. The lowest BCUT2D eigenvalue weighted by atomic mass is 10.1. The van der Waals surface area contributed by atoms with Crippen LogP contribution in [-0.2, 0) is 6.54 Å². The number of benzene rings is 1. The van der Waals surface area contributed by atoms with Gasteiger partial charge in [-0.2, -0.15) is 5.10 Å². The van der Waals surface area contributed by atoms with Crippen LogP contribution < -0.4 is 0 Å². The third-order valence-corrected chi connectivity index (χ3v) is 5.31. The lowest BCUT2D eigenvalue weighted by Crippen LogP contribution is -2.43. The molecular weight excluding hydrogens is 338 g/mol. The summed E-state index contributed by atoms with van der Waals surface area (Å²) < 4.78 is 8.03. The number of rotatable bonds is 4. The van der Waals surface area contributed by atoms with Crippen LogP contribution in [0.3, 0.4) is 0 Å². The van der Waals surface area contributed by atoms with Gasteiger partial charge in [-0.25, -0.2) is 9.67 Å². The number of likely N-dealkylation sites (N-methyl/N-ethyl adjacent to an activating group) is 1. The Morgan fingerprint density at radius 2 is 1.74 bits per heavy atom. The van der Waals surface area contributed by atoms with Crippen LogP contribution in [0.25, 0.3) is 17.3 Å². The minimum absolute atomic E-state index is 0.736. The van der Waals surface area contributed by atoms with Gasteiger partial charge in [0.1, 0.15) is 11.6 Å². The van der Waals surface area contributed by atoms with Crippen LogP contribution in [0.15, 0.2) is 34.7 Å². The number of furan rings is 1. The topological polar surface area (TPSA) is 50.3 Å². The summed E-state index contributed by atoms with van der Waals surface area (Å²) in [6.45, 7) is 11.3. The van der Waals surface area contributed by atoms with Crippen LogP contribution in [0.4, 0.5) is 0 Å². The number of aromatic nitrogens is 3. The minimum atomic E-state index is 0.736. The summed E-state index contributed by atoms with van der Waals surface area (Å²) in [5.41, 5.74) is 3.51. The Morgan fingerprint density at radius 1 is 0.963 bits per heavy atom. The van der Waals surface area contributed by atoms with E-state index in [9.17, 15) is 0 Å². The highest BCUT2D eigenvalue weighted by atomic mass is 16.3. The smallest absolute Gasteiger partial charge is 0.199 e. The van der Waals surface area contributed by atoms with Crippen molar-refractivity contribution in [2.75, 3.05) is 33.2 Å². The molecular formula is C21H27N5O. The first-order chi connectivity index (χ1) is 13.0. The Balaban J connectivity index is 1.59. The second kappa shape index (κ2) is 7.29. The molecule has 2 aromatic heterocycles. The van der Waals surface area contributed by atoms with Crippen molar-refractivity contribution in [1.82, 2.24) is 24.6 Å². The van der Waals surface area contributed by atoms with Crippen molar-refractivity contribution in [1.29, 1.82) is 0 Å². The van der Waals surface area contributed by atoms with E-state index in [2.05, 4.69) is 65.0 Å². The maximum Gasteiger partial charge on any atom is 0.199 e. The van der Waals surface area contributed by atoms with E-state index >= 15 is 0 Å². The number of hydrogen-bond acceptors (Lipinski definition) is 5. The van der Waals surface area contributed by atoms with E-state index in [4.69, 9.17) is 4.42 Å². The fourth-order valence-corrected chi connectivity index (χ4v) is 3.42. The van der Waals surface area contributed by atoms with Gasteiger partial charge in [-0.3, -0.25) is 4.90 Å². The summed E-state index contributed by atoms with van der Waals surface area (Å²) >= 11 is 0. The summed E-state index contributed by atoms with van der Waals surface area (Å²) in [6, 6.07) is 10.4. The molecule has 142 valence electrons. The van der Waals surface area contributed by atoms with Gasteiger partial charge in [0.2, 0.25) is 0 Å². The highest BCUT2D eigenvalue weighted by Crippen LogP contribution is 2.25. The number of nitrogens with zero attached hydrogens (tertiary/aromatic N) is 5. The van der Waals surface area contributed by atoms with Crippen molar-refractivity contribution in [3.05, 3.63) is 53.0 Å². The quantitative estimate of drug-likeness (QED) is 0.711. The van der Waals surface area contributed by atoms with Gasteiger partial charge < -0.3 is 9.32 Å². The van der Waals surface area contributed by atoms with Crippen molar-refractivity contribution >= 4 is 0 Å². The molecule has 6 nitrogen and oxygen atoms in total. The van der Waals surface area contributed by atoms with Gasteiger partial charge in [-0.05, 0) is 63.2 Å². The van der Waals surface area contributed by atoms with Gasteiger partial charge in [0, 0.05) is 26.2 Å². The molecule has 3 heterocycles. The lowest BCUT2D eigenvalue weighted by molar-refractivity contribution is 0.140. The molecule has 0 spiro atoms. The average molecular weight is 365 g/mol. The Morgan fingerprint density at radius 3 is 2.48 bits per heavy atom. The number of hydrogen-bond donors (Lipinski definition) is 0. The van der Waals surface area contributed by atoms with E-state index in [0.29, 0.717) is 0 Å². The molecule has 1 aliphatic heterocycles. The molecule has 27 heavy (non-hydrogen) atoms. The van der Waals surface area contributed by atoms with Crippen LogP contribution in [0, 0.1) is 20.8 Å². The second-order valence-corrected chi connectivity index (χ2v) is 7.51. The standard InChI is InChI=1S/C21H27N5O/c1-15-5-6-18(13-16(15)2)26-21(22-17(3)23-26)20-8-7-19(27-20)14-25-11-9-24(4)10-12-25/h5-8,13H,9-12,14H2,1-4H3. The fraction of sp³-hybridized carbons (Fsp3) is 0.429. The Kier molecular flexibility index (Phi) is 4.85. The summed E-state index contributed by atoms with van der Waals surface area (Å²) in [5.74, 6) is 3.22. The molecule has 0 bridgehead atoms. The molecule has 0 atom stereocenters. The van der Waals surface area contributed by atoms with Gasteiger partial charge in [-0.15, -0.1) is 0 Å². The normalized spacial score (nSPS) is 16.1. The van der Waals surface area contributed by atoms with Crippen LogP contribution in [0.1, 0.15) is 22.7 Å². The monoisotopic (exact) mass is 365 g/mol. The van der Waals surface area contributed by atoms with Gasteiger partial charge >= 0.3 is 0 Å². The first-order valence-electron chi connectivity index (χ1n) is 9.51. The van der Waals surface area contributed by atoms with E-state index in [0.717, 1.165) is 61.6 Å². The van der Waals surface area contributed by atoms with E-state index in [-0.39, 0.29) is 0 Å². The van der Waals surface area contributed by atoms with E-state index in [1.807, 2.05) is 17.7 Å². The molecule has 1 aliphatic rings. The van der Waals surface area contributed by atoms with E-state index in [1.54, 1.807) is 0 Å². The number of piperazine rings is 1. The summed E-state index contributed by atoms with van der Waals surface area (Å²) in [7, 11) is 2.17. The first kappa shape index (κ1) is 17.9. The van der Waals surface area contributed by atoms with Crippen molar-refractivity contribution in [3.8, 4) is 17.3 Å². The SMILES string of the molecule is Cc1nc(-c2ccc(CN3CCN(C)CC3)o2)n(-c2ccc(C)c(C)c2)n1. The third-order valence-electron chi connectivity index (χ3n) is 5.31. The molecule has 1 aromatic carbocycles. The molecule has 1 fully saturated rings. The van der Waals surface area contributed by atoms with Crippen molar-refractivity contribution in [3.63, 3.8) is 0 Å². The van der Waals surface area contributed by atoms with Gasteiger partial charge in [0.05, 0.1) is 12.2 Å². The summed E-state index contributed by atoms with van der Waals surface area (Å²) in [4.78, 5) is 9.41.